The van der Waals surface area contributed by atoms with Gasteiger partial charge in [-0.1, -0.05) is 27.7 Å². The lowest BCUT2D eigenvalue weighted by Crippen LogP contribution is -1.90. The van der Waals surface area contributed by atoms with E-state index in [2.05, 4.69) is 20.9 Å². The Labute approximate surface area is 94.9 Å². The molecule has 0 atom stereocenters. The molecule has 0 aromatic carbocycles. The van der Waals surface area contributed by atoms with E-state index in [-0.39, 0.29) is 5.82 Å². The van der Waals surface area contributed by atoms with Gasteiger partial charge in [-0.3, -0.25) is 0 Å². The van der Waals surface area contributed by atoms with Crippen molar-refractivity contribution in [2.24, 2.45) is 0 Å². The first-order valence-corrected chi connectivity index (χ1v) is 5.70. The monoisotopic (exact) mass is 263 g/mol. The first-order chi connectivity index (χ1) is 6.61. The molecular weight excluding hydrogens is 245 g/mol. The molecule has 0 N–H and O–H groups in total. The van der Waals surface area contributed by atoms with E-state index in [0.29, 0.717) is 10.2 Å². The van der Waals surface area contributed by atoms with Crippen molar-refractivity contribution in [1.82, 2.24) is 4.98 Å². The van der Waals surface area contributed by atoms with Gasteiger partial charge >= 0.3 is 0 Å². The average molecular weight is 264 g/mol. The van der Waals surface area contributed by atoms with E-state index in [1.165, 1.54) is 0 Å². The van der Waals surface area contributed by atoms with Gasteiger partial charge in [0, 0.05) is 5.69 Å². The fourth-order valence-electron chi connectivity index (χ4n) is 0.776. The summed E-state index contributed by atoms with van der Waals surface area (Å²) in [6.07, 6.45) is 0. The molecule has 82 valence electrons. The second kappa shape index (κ2) is 9.13. The number of aromatic nitrogens is 1. The fourth-order valence-corrected chi connectivity index (χ4v) is 1.37. The number of rotatable bonds is 0. The van der Waals surface area contributed by atoms with Gasteiger partial charge in [-0.2, -0.15) is 0 Å². The third-order valence-electron chi connectivity index (χ3n) is 1.23. The van der Waals surface area contributed by atoms with Crippen LogP contribution in [0.1, 0.15) is 39.0 Å². The number of pyridine rings is 1. The van der Waals surface area contributed by atoms with Crippen molar-refractivity contribution < 1.29 is 4.39 Å². The Bertz CT molecular complexity index is 238. The van der Waals surface area contributed by atoms with Crippen molar-refractivity contribution >= 4 is 15.9 Å². The predicted molar refractivity (Wildman–Crippen MR) is 64.1 cm³/mol. The van der Waals surface area contributed by atoms with E-state index >= 15 is 0 Å². The second-order valence-electron chi connectivity index (χ2n) is 2.19. The highest BCUT2D eigenvalue weighted by molar-refractivity contribution is 9.10. The Morgan fingerprint density at radius 2 is 1.57 bits per heavy atom. The summed E-state index contributed by atoms with van der Waals surface area (Å²) in [5.74, 6) is -0.273. The topological polar surface area (TPSA) is 12.9 Å². The van der Waals surface area contributed by atoms with Crippen molar-refractivity contribution in [2.45, 2.75) is 41.5 Å². The first kappa shape index (κ1) is 16.0. The van der Waals surface area contributed by atoms with Gasteiger partial charge in [0.05, 0.1) is 0 Å². The minimum atomic E-state index is -0.273. The van der Waals surface area contributed by atoms with Crippen LogP contribution in [0.15, 0.2) is 10.7 Å². The molecule has 1 aromatic heterocycles. The molecule has 14 heavy (non-hydrogen) atoms. The maximum absolute atomic E-state index is 12.8. The quantitative estimate of drug-likeness (QED) is 0.621. The highest BCUT2D eigenvalue weighted by Crippen LogP contribution is 2.16. The number of aryl methyl sites for hydroxylation is 2. The Balaban J connectivity index is 0. The minimum Gasteiger partial charge on any atom is -0.243 e. The van der Waals surface area contributed by atoms with E-state index in [1.807, 2.05) is 34.6 Å². The maximum atomic E-state index is 12.8. The van der Waals surface area contributed by atoms with Gasteiger partial charge in [0.25, 0.3) is 0 Å². The highest BCUT2D eigenvalue weighted by atomic mass is 79.9. The molecule has 1 aromatic rings. The molecule has 0 fully saturated rings. The summed E-state index contributed by atoms with van der Waals surface area (Å²) in [5, 5.41) is 0. The number of hydrogen-bond acceptors (Lipinski definition) is 1. The van der Waals surface area contributed by atoms with Gasteiger partial charge in [0.2, 0.25) is 0 Å². The molecule has 0 saturated heterocycles. The number of nitrogens with zero attached hydrogens (tertiary/aromatic N) is 1. The van der Waals surface area contributed by atoms with Crippen LogP contribution in [-0.4, -0.2) is 4.98 Å². The molecule has 0 spiro atoms. The van der Waals surface area contributed by atoms with E-state index in [4.69, 9.17) is 0 Å². The Morgan fingerprint density at radius 3 is 1.93 bits per heavy atom. The molecule has 3 heteroatoms. The lowest BCUT2D eigenvalue weighted by molar-refractivity contribution is 0.602. The molecule has 0 aliphatic heterocycles. The van der Waals surface area contributed by atoms with Crippen LogP contribution in [0.25, 0.3) is 0 Å². The SMILES string of the molecule is CC.CC.Cc1cc(C)c(F)c(Br)n1. The minimum absolute atomic E-state index is 0.273. The Kier molecular flexibility index (Phi) is 10.4. The molecule has 0 aliphatic rings. The summed E-state index contributed by atoms with van der Waals surface area (Å²) in [5.41, 5.74) is 1.45. The number of hydrogen-bond donors (Lipinski definition) is 0. The van der Waals surface area contributed by atoms with Gasteiger partial charge in [0.15, 0.2) is 5.82 Å². The molecular formula is C11H19BrFN. The van der Waals surface area contributed by atoms with Crippen LogP contribution in [0.4, 0.5) is 4.39 Å². The van der Waals surface area contributed by atoms with E-state index in [0.717, 1.165) is 5.69 Å². The van der Waals surface area contributed by atoms with Crippen LogP contribution >= 0.6 is 15.9 Å². The van der Waals surface area contributed by atoms with Crippen LogP contribution in [-0.2, 0) is 0 Å². The zero-order chi connectivity index (χ0) is 11.7. The predicted octanol–water partition coefficient (Wildman–Crippen LogP) is 4.65. The third kappa shape index (κ3) is 5.32. The van der Waals surface area contributed by atoms with Gasteiger partial charge < -0.3 is 0 Å². The van der Waals surface area contributed by atoms with Crippen LogP contribution in [0.5, 0.6) is 0 Å². The Morgan fingerprint density at radius 1 is 1.14 bits per heavy atom. The van der Waals surface area contributed by atoms with Crippen LogP contribution in [0.3, 0.4) is 0 Å². The molecule has 1 heterocycles. The summed E-state index contributed by atoms with van der Waals surface area (Å²) in [4.78, 5) is 3.88. The molecule has 1 rings (SSSR count). The smallest absolute Gasteiger partial charge is 0.158 e. The molecule has 1 nitrogen and oxygen atoms in total. The molecule has 0 unspecified atom stereocenters. The molecule has 0 radical (unpaired) electrons. The standard InChI is InChI=1S/C7H7BrFN.2C2H6/c1-4-3-5(2)10-7(8)6(4)9;2*1-2/h3H,1-2H3;2*1-2H3. The zero-order valence-electron chi connectivity index (χ0n) is 9.78. The first-order valence-electron chi connectivity index (χ1n) is 4.90. The highest BCUT2D eigenvalue weighted by Gasteiger charge is 2.03. The molecule has 0 saturated carbocycles. The van der Waals surface area contributed by atoms with E-state index < -0.39 is 0 Å². The molecule has 0 bridgehead atoms. The van der Waals surface area contributed by atoms with E-state index in [1.54, 1.807) is 13.0 Å². The van der Waals surface area contributed by atoms with Crippen molar-refractivity contribution in [3.8, 4) is 0 Å². The van der Waals surface area contributed by atoms with Crippen molar-refractivity contribution in [3.05, 3.63) is 27.7 Å². The average Bonchev–Trinajstić information content (AvgIpc) is 2.20. The summed E-state index contributed by atoms with van der Waals surface area (Å²) in [6, 6.07) is 1.71. The summed E-state index contributed by atoms with van der Waals surface area (Å²) >= 11 is 3.01. The van der Waals surface area contributed by atoms with E-state index in [9.17, 15) is 4.39 Å². The summed E-state index contributed by atoms with van der Waals surface area (Å²) in [6.45, 7) is 11.5. The van der Waals surface area contributed by atoms with Crippen molar-refractivity contribution in [3.63, 3.8) is 0 Å². The summed E-state index contributed by atoms with van der Waals surface area (Å²) < 4.78 is 13.1. The summed E-state index contributed by atoms with van der Waals surface area (Å²) in [7, 11) is 0. The van der Waals surface area contributed by atoms with Gasteiger partial charge in [-0.15, -0.1) is 0 Å². The lowest BCUT2D eigenvalue weighted by atomic mass is 10.2. The molecule has 0 aliphatic carbocycles. The van der Waals surface area contributed by atoms with Crippen molar-refractivity contribution in [2.75, 3.05) is 0 Å². The molecule has 0 amide bonds. The Hall–Kier alpha value is -0.440. The maximum Gasteiger partial charge on any atom is 0.158 e. The van der Waals surface area contributed by atoms with Gasteiger partial charge in [0.1, 0.15) is 4.60 Å². The fraction of sp³-hybridized carbons (Fsp3) is 0.545. The van der Waals surface area contributed by atoms with Crippen LogP contribution in [0, 0.1) is 19.7 Å². The largest absolute Gasteiger partial charge is 0.243 e. The lowest BCUT2D eigenvalue weighted by Gasteiger charge is -1.98. The normalized spacial score (nSPS) is 8.00. The number of halogens is 2. The second-order valence-corrected chi connectivity index (χ2v) is 2.94. The van der Waals surface area contributed by atoms with Crippen LogP contribution in [0.2, 0.25) is 0 Å². The van der Waals surface area contributed by atoms with Crippen molar-refractivity contribution in [1.29, 1.82) is 0 Å². The van der Waals surface area contributed by atoms with Crippen LogP contribution < -0.4 is 0 Å². The third-order valence-corrected chi connectivity index (χ3v) is 1.75. The van der Waals surface area contributed by atoms with Gasteiger partial charge in [-0.05, 0) is 41.4 Å². The zero-order valence-corrected chi connectivity index (χ0v) is 11.4. The van der Waals surface area contributed by atoms with Gasteiger partial charge in [-0.25, -0.2) is 9.37 Å².